The van der Waals surface area contributed by atoms with Gasteiger partial charge in [-0.05, 0) is 46.9 Å². The van der Waals surface area contributed by atoms with Crippen LogP contribution in [0.5, 0.6) is 5.75 Å². The van der Waals surface area contributed by atoms with Crippen molar-refractivity contribution in [2.24, 2.45) is 16.5 Å². The van der Waals surface area contributed by atoms with Gasteiger partial charge in [-0.3, -0.25) is 4.99 Å². The van der Waals surface area contributed by atoms with Crippen molar-refractivity contribution in [3.63, 3.8) is 0 Å². The summed E-state index contributed by atoms with van der Waals surface area (Å²) in [5, 5.41) is 12.7. The predicted molar refractivity (Wildman–Crippen MR) is 124 cm³/mol. The van der Waals surface area contributed by atoms with Gasteiger partial charge >= 0.3 is 0 Å². The molecule has 0 spiro atoms. The summed E-state index contributed by atoms with van der Waals surface area (Å²) in [5.74, 6) is 0.776. The molecule has 2 unspecified atom stereocenters. The number of allylic oxidation sites excluding steroid dienone is 1. The number of phenols is 1. The Kier molecular flexibility index (Phi) is 6.24. The van der Waals surface area contributed by atoms with Crippen molar-refractivity contribution in [1.29, 1.82) is 0 Å². The molecule has 162 valence electrons. The fourth-order valence-electron chi connectivity index (χ4n) is 4.68. The third kappa shape index (κ3) is 4.72. The molecular formula is C22H27BrN7O+. The summed E-state index contributed by atoms with van der Waals surface area (Å²) >= 11 is 3.38. The van der Waals surface area contributed by atoms with Crippen LogP contribution in [-0.2, 0) is 0 Å². The van der Waals surface area contributed by atoms with Crippen molar-refractivity contribution in [2.45, 2.75) is 30.8 Å². The molecule has 4 rings (SSSR count). The lowest BCUT2D eigenvalue weighted by Gasteiger charge is -2.43. The standard InChI is InChI=1S/C22H26BrN7O/c1-26-18(16-4-2-3-5-20(16)31)10-19(21(24)25)30-11-14-8-13(9-15(12-30)28-14)17-6-7-27-22(23)29-17/h2-7,10,13-15,28,31H,1,8-9,11-12,24-25H2/p+1. The zero-order valence-electron chi connectivity index (χ0n) is 17.2. The quantitative estimate of drug-likeness (QED) is 0.287. The summed E-state index contributed by atoms with van der Waals surface area (Å²) in [5.41, 5.74) is 15.1. The minimum Gasteiger partial charge on any atom is -0.507 e. The van der Waals surface area contributed by atoms with E-state index in [2.05, 4.69) is 47.8 Å². The molecule has 2 aliphatic rings. The number of nitrogens with two attached hydrogens (primary N) is 3. The summed E-state index contributed by atoms with van der Waals surface area (Å²) in [6.07, 6.45) is 5.65. The first-order valence-corrected chi connectivity index (χ1v) is 11.0. The second kappa shape index (κ2) is 9.07. The smallest absolute Gasteiger partial charge is 0.196 e. The molecule has 9 heteroatoms. The monoisotopic (exact) mass is 484 g/mol. The second-order valence-electron chi connectivity index (χ2n) is 8.08. The Bertz CT molecular complexity index is 1020. The van der Waals surface area contributed by atoms with Crippen molar-refractivity contribution in [3.05, 3.63) is 70.1 Å². The number of hydrogen-bond donors (Lipinski definition) is 4. The maximum Gasteiger partial charge on any atom is 0.196 e. The van der Waals surface area contributed by atoms with Gasteiger partial charge in [-0.1, -0.05) is 12.1 Å². The van der Waals surface area contributed by atoms with Gasteiger partial charge in [0.15, 0.2) is 4.73 Å². The molecule has 0 saturated carbocycles. The van der Waals surface area contributed by atoms with Crippen LogP contribution in [0.25, 0.3) is 5.70 Å². The van der Waals surface area contributed by atoms with Gasteiger partial charge in [0, 0.05) is 36.2 Å². The van der Waals surface area contributed by atoms with E-state index in [1.54, 1.807) is 24.4 Å². The topological polar surface area (TPSA) is 130 Å². The van der Waals surface area contributed by atoms with Crippen LogP contribution in [0.1, 0.15) is 30.0 Å². The van der Waals surface area contributed by atoms with Crippen molar-refractivity contribution in [1.82, 2.24) is 14.9 Å². The van der Waals surface area contributed by atoms with E-state index in [-0.39, 0.29) is 11.6 Å². The van der Waals surface area contributed by atoms with Crippen molar-refractivity contribution in [3.8, 4) is 5.75 Å². The van der Waals surface area contributed by atoms with E-state index in [4.69, 9.17) is 11.5 Å². The molecule has 8 nitrogen and oxygen atoms in total. The van der Waals surface area contributed by atoms with E-state index in [1.807, 2.05) is 18.2 Å². The number of phenolic OH excluding ortho intramolecular Hbond substituents is 1. The highest BCUT2D eigenvalue weighted by molar-refractivity contribution is 9.10. The number of piperazine rings is 1. The number of rotatable bonds is 5. The zero-order chi connectivity index (χ0) is 22.0. The lowest BCUT2D eigenvalue weighted by Crippen LogP contribution is -3.01. The molecule has 2 fully saturated rings. The lowest BCUT2D eigenvalue weighted by molar-refractivity contribution is -0.739. The Labute approximate surface area is 189 Å². The molecule has 2 aromatic rings. The highest BCUT2D eigenvalue weighted by Gasteiger charge is 2.40. The molecule has 3 heterocycles. The number of likely N-dealkylation sites (tertiary alicyclic amines) is 1. The van der Waals surface area contributed by atoms with Crippen LogP contribution in [0.3, 0.4) is 0 Å². The van der Waals surface area contributed by atoms with Gasteiger partial charge in [-0.15, -0.1) is 0 Å². The Morgan fingerprint density at radius 2 is 1.94 bits per heavy atom. The van der Waals surface area contributed by atoms with E-state index < -0.39 is 0 Å². The first kappa shape index (κ1) is 21.3. The maximum absolute atomic E-state index is 10.2. The first-order valence-electron chi connectivity index (χ1n) is 10.2. The molecular weight excluding hydrogens is 458 g/mol. The third-order valence-electron chi connectivity index (χ3n) is 5.95. The number of halogens is 1. The van der Waals surface area contributed by atoms with E-state index in [0.29, 0.717) is 34.0 Å². The fraction of sp³-hybridized carbons (Fsp3) is 0.318. The van der Waals surface area contributed by atoms with Gasteiger partial charge in [-0.2, -0.15) is 0 Å². The average molecular weight is 485 g/mol. The number of aliphatic imine (C=N–C) groups is 1. The number of aromatic nitrogens is 2. The van der Waals surface area contributed by atoms with Crippen LogP contribution in [0.15, 0.2) is 63.8 Å². The van der Waals surface area contributed by atoms with E-state index >= 15 is 0 Å². The van der Waals surface area contributed by atoms with Crippen molar-refractivity contribution < 1.29 is 10.4 Å². The Morgan fingerprint density at radius 1 is 1.23 bits per heavy atom. The minimum atomic E-state index is 0.138. The zero-order valence-corrected chi connectivity index (χ0v) is 18.7. The molecule has 2 bridgehead atoms. The molecule has 7 N–H and O–H groups in total. The van der Waals surface area contributed by atoms with Crippen LogP contribution in [-0.4, -0.2) is 51.9 Å². The fourth-order valence-corrected chi connectivity index (χ4v) is 5.00. The Hall–Kier alpha value is -2.91. The molecule has 0 radical (unpaired) electrons. The highest BCUT2D eigenvalue weighted by Crippen LogP contribution is 2.32. The van der Waals surface area contributed by atoms with E-state index in [1.165, 1.54) is 0 Å². The van der Waals surface area contributed by atoms with E-state index in [9.17, 15) is 5.11 Å². The van der Waals surface area contributed by atoms with E-state index in [0.717, 1.165) is 37.3 Å². The van der Waals surface area contributed by atoms with Crippen LogP contribution < -0.4 is 16.8 Å². The number of fused-ring (bicyclic) bond motifs is 2. The van der Waals surface area contributed by atoms with Crippen molar-refractivity contribution >= 4 is 28.3 Å². The normalized spacial score (nSPS) is 23.3. The average Bonchev–Trinajstić information content (AvgIpc) is 2.74. The van der Waals surface area contributed by atoms with Crippen LogP contribution in [0.4, 0.5) is 0 Å². The van der Waals surface area contributed by atoms with Crippen LogP contribution in [0, 0.1) is 0 Å². The SMILES string of the molecule is C=NC(=CC(=C(N)N)N1CC2CC(c3ccnc(Br)n3)CC(C1)[NH2+]2)c1ccccc1O. The maximum atomic E-state index is 10.2. The molecule has 31 heavy (non-hydrogen) atoms. The molecule has 2 atom stereocenters. The lowest BCUT2D eigenvalue weighted by atomic mass is 9.83. The number of hydrogen-bond acceptors (Lipinski definition) is 7. The number of quaternary nitrogens is 1. The van der Waals surface area contributed by atoms with Crippen LogP contribution in [0.2, 0.25) is 0 Å². The number of nitrogens with zero attached hydrogens (tertiary/aromatic N) is 4. The van der Waals surface area contributed by atoms with Gasteiger partial charge in [0.2, 0.25) is 0 Å². The van der Waals surface area contributed by atoms with Gasteiger partial charge < -0.3 is 26.8 Å². The summed E-state index contributed by atoms with van der Waals surface area (Å²) < 4.78 is 0.631. The van der Waals surface area contributed by atoms with Crippen LogP contribution >= 0.6 is 15.9 Å². The van der Waals surface area contributed by atoms with Gasteiger partial charge in [-0.25, -0.2) is 9.97 Å². The molecule has 1 aromatic carbocycles. The first-order chi connectivity index (χ1) is 14.9. The predicted octanol–water partition coefficient (Wildman–Crippen LogP) is 1.27. The molecule has 0 aliphatic carbocycles. The number of piperidine rings is 1. The molecule has 2 saturated heterocycles. The van der Waals surface area contributed by atoms with Gasteiger partial charge in [0.25, 0.3) is 0 Å². The number of para-hydroxylation sites is 1. The highest BCUT2D eigenvalue weighted by atomic mass is 79.9. The Balaban J connectivity index is 1.56. The summed E-state index contributed by atoms with van der Waals surface area (Å²) in [6, 6.07) is 9.84. The summed E-state index contributed by atoms with van der Waals surface area (Å²) in [6.45, 7) is 5.30. The second-order valence-corrected chi connectivity index (χ2v) is 8.79. The third-order valence-corrected chi connectivity index (χ3v) is 6.34. The summed E-state index contributed by atoms with van der Waals surface area (Å²) in [7, 11) is 0. The van der Waals surface area contributed by atoms with Gasteiger partial charge in [0.05, 0.1) is 24.5 Å². The molecule has 2 aliphatic heterocycles. The van der Waals surface area contributed by atoms with Crippen molar-refractivity contribution in [2.75, 3.05) is 13.1 Å². The largest absolute Gasteiger partial charge is 0.507 e. The molecule has 0 amide bonds. The number of benzene rings is 1. The Morgan fingerprint density at radius 3 is 2.55 bits per heavy atom. The van der Waals surface area contributed by atoms with Gasteiger partial charge in [0.1, 0.15) is 23.7 Å². The number of aromatic hydroxyl groups is 1. The summed E-state index contributed by atoms with van der Waals surface area (Å²) in [4.78, 5) is 15.1. The molecule has 1 aromatic heterocycles. The minimum absolute atomic E-state index is 0.138.